The molecule has 1 saturated heterocycles. The summed E-state index contributed by atoms with van der Waals surface area (Å²) in [5.41, 5.74) is 1.22. The molecule has 0 N–H and O–H groups in total. The molecule has 1 heterocycles. The van der Waals surface area contributed by atoms with Crippen LogP contribution < -0.4 is 0 Å². The summed E-state index contributed by atoms with van der Waals surface area (Å²) in [5.74, 6) is 0.213. The van der Waals surface area contributed by atoms with E-state index in [1.807, 2.05) is 32.2 Å². The Balaban J connectivity index is 2.37. The molecule has 0 bridgehead atoms. The number of hydrogen-bond acceptors (Lipinski definition) is 3. The summed E-state index contributed by atoms with van der Waals surface area (Å²) < 4.78 is 5.71. The summed E-state index contributed by atoms with van der Waals surface area (Å²) in [6.45, 7) is 6.24. The highest BCUT2D eigenvalue weighted by molar-refractivity contribution is 5.77. The maximum atomic E-state index is 12.1. The Kier molecular flexibility index (Phi) is 4.25. The van der Waals surface area contributed by atoms with Gasteiger partial charge in [-0.3, -0.25) is 9.69 Å². The highest BCUT2D eigenvalue weighted by Gasteiger charge is 2.42. The summed E-state index contributed by atoms with van der Waals surface area (Å²) in [5, 5.41) is 0. The van der Waals surface area contributed by atoms with E-state index in [9.17, 15) is 4.79 Å². The molecule has 1 aromatic rings. The van der Waals surface area contributed by atoms with Gasteiger partial charge in [0.25, 0.3) is 0 Å². The average molecular weight is 261 g/mol. The number of benzene rings is 1. The largest absolute Gasteiger partial charge is 0.459 e. The molecule has 0 radical (unpaired) electrons. The predicted octanol–water partition coefficient (Wildman–Crippen LogP) is 3.02. The molecule has 0 amide bonds. The molecule has 1 aliphatic heterocycles. The van der Waals surface area contributed by atoms with Crippen molar-refractivity contribution in [2.75, 3.05) is 7.05 Å². The van der Waals surface area contributed by atoms with Gasteiger partial charge in [-0.25, -0.2) is 0 Å². The molecule has 0 saturated carbocycles. The van der Waals surface area contributed by atoms with Crippen molar-refractivity contribution in [3.8, 4) is 0 Å². The molecule has 1 aromatic carbocycles. The number of morpholine rings is 1. The highest BCUT2D eigenvalue weighted by Crippen LogP contribution is 2.35. The van der Waals surface area contributed by atoms with Crippen molar-refractivity contribution in [1.82, 2.24) is 4.90 Å². The minimum atomic E-state index is -0.139. The number of ether oxygens (including phenoxy) is 1. The molecule has 0 aliphatic carbocycles. The molecule has 3 atom stereocenters. The van der Waals surface area contributed by atoms with E-state index in [2.05, 4.69) is 30.9 Å². The lowest BCUT2D eigenvalue weighted by Gasteiger charge is -2.44. The van der Waals surface area contributed by atoms with E-state index in [0.29, 0.717) is 5.92 Å². The lowest BCUT2D eigenvalue weighted by atomic mass is 9.89. The summed E-state index contributed by atoms with van der Waals surface area (Å²) in [6.07, 6.45) is 0.700. The molecular weight excluding hydrogens is 238 g/mol. The van der Waals surface area contributed by atoms with Crippen molar-refractivity contribution in [3.63, 3.8) is 0 Å². The maximum absolute atomic E-state index is 12.1. The lowest BCUT2D eigenvalue weighted by Crippen LogP contribution is -2.53. The monoisotopic (exact) mass is 261 g/mol. The first-order chi connectivity index (χ1) is 9.06. The fourth-order valence-corrected chi connectivity index (χ4v) is 2.90. The molecule has 1 fully saturated rings. The lowest BCUT2D eigenvalue weighted by molar-refractivity contribution is -0.177. The number of esters is 1. The van der Waals surface area contributed by atoms with Crippen molar-refractivity contribution < 1.29 is 9.53 Å². The van der Waals surface area contributed by atoms with E-state index in [-0.39, 0.29) is 24.2 Å². The van der Waals surface area contributed by atoms with Crippen LogP contribution in [0.4, 0.5) is 0 Å². The number of carbonyl (C=O) groups excluding carboxylic acids is 1. The van der Waals surface area contributed by atoms with Gasteiger partial charge in [-0.15, -0.1) is 0 Å². The van der Waals surface area contributed by atoms with E-state index in [1.165, 1.54) is 5.56 Å². The molecule has 3 nitrogen and oxygen atoms in total. The summed E-state index contributed by atoms with van der Waals surface area (Å²) in [7, 11) is 2.03. The van der Waals surface area contributed by atoms with Crippen LogP contribution in [0.2, 0.25) is 0 Å². The van der Waals surface area contributed by atoms with Crippen molar-refractivity contribution in [3.05, 3.63) is 35.9 Å². The second-order valence-electron chi connectivity index (χ2n) is 5.59. The van der Waals surface area contributed by atoms with E-state index < -0.39 is 0 Å². The van der Waals surface area contributed by atoms with Crippen molar-refractivity contribution >= 4 is 5.97 Å². The van der Waals surface area contributed by atoms with Gasteiger partial charge in [0.05, 0.1) is 6.04 Å². The van der Waals surface area contributed by atoms with Crippen LogP contribution in [0.5, 0.6) is 0 Å². The molecule has 104 valence electrons. The van der Waals surface area contributed by atoms with Gasteiger partial charge in [0.15, 0.2) is 0 Å². The Morgan fingerprint density at radius 1 is 1.26 bits per heavy atom. The van der Waals surface area contributed by atoms with Crippen LogP contribution in [-0.4, -0.2) is 30.1 Å². The molecule has 0 unspecified atom stereocenters. The van der Waals surface area contributed by atoms with E-state index in [0.717, 1.165) is 6.42 Å². The van der Waals surface area contributed by atoms with Crippen molar-refractivity contribution in [1.29, 1.82) is 0 Å². The van der Waals surface area contributed by atoms with Gasteiger partial charge in [0.1, 0.15) is 12.1 Å². The molecule has 0 aromatic heterocycles. The quantitative estimate of drug-likeness (QED) is 0.783. The summed E-state index contributed by atoms with van der Waals surface area (Å²) >= 11 is 0. The van der Waals surface area contributed by atoms with Gasteiger partial charge in [-0.05, 0) is 24.9 Å². The van der Waals surface area contributed by atoms with Crippen molar-refractivity contribution in [2.24, 2.45) is 5.92 Å². The standard InChI is InChI=1S/C16H23NO2/c1-5-13-16(18)19-15(11(2)3)14(17(13)4)12-9-7-6-8-10-12/h6-11,13-15H,5H2,1-4H3/t13-,14+,15-/m0/s1. The number of cyclic esters (lactones) is 1. The number of rotatable bonds is 3. The molecule has 0 spiro atoms. The van der Waals surface area contributed by atoms with Crippen LogP contribution in [0, 0.1) is 5.92 Å². The Morgan fingerprint density at radius 2 is 1.89 bits per heavy atom. The molecule has 3 heteroatoms. The number of carbonyl (C=O) groups is 1. The smallest absolute Gasteiger partial charge is 0.323 e. The summed E-state index contributed by atoms with van der Waals surface area (Å²) in [6, 6.07) is 10.3. The van der Waals surface area contributed by atoms with E-state index in [4.69, 9.17) is 4.74 Å². The Labute approximate surface area is 115 Å². The number of likely N-dealkylation sites (N-methyl/N-ethyl adjacent to an activating group) is 1. The van der Waals surface area contributed by atoms with Gasteiger partial charge in [-0.1, -0.05) is 51.1 Å². The minimum Gasteiger partial charge on any atom is -0.459 e. The van der Waals surface area contributed by atoms with Crippen molar-refractivity contribution in [2.45, 2.75) is 45.4 Å². The maximum Gasteiger partial charge on any atom is 0.323 e. The number of nitrogens with zero attached hydrogens (tertiary/aromatic N) is 1. The highest BCUT2D eigenvalue weighted by atomic mass is 16.6. The van der Waals surface area contributed by atoms with E-state index in [1.54, 1.807) is 0 Å². The molecular formula is C16H23NO2. The van der Waals surface area contributed by atoms with Crippen LogP contribution in [0.25, 0.3) is 0 Å². The second-order valence-corrected chi connectivity index (χ2v) is 5.59. The first-order valence-corrected chi connectivity index (χ1v) is 7.03. The van der Waals surface area contributed by atoms with Crippen LogP contribution >= 0.6 is 0 Å². The second kappa shape index (κ2) is 5.74. The SMILES string of the molecule is CC[C@H]1C(=O)O[C@@H](C(C)C)[C@@H](c2ccccc2)N1C. The van der Waals surface area contributed by atoms with Crippen LogP contribution in [0.3, 0.4) is 0 Å². The topological polar surface area (TPSA) is 29.5 Å². The fourth-order valence-electron chi connectivity index (χ4n) is 2.90. The normalized spacial score (nSPS) is 28.5. The average Bonchev–Trinajstić information content (AvgIpc) is 2.39. The predicted molar refractivity (Wildman–Crippen MR) is 75.7 cm³/mol. The van der Waals surface area contributed by atoms with Crippen LogP contribution in [-0.2, 0) is 9.53 Å². The van der Waals surface area contributed by atoms with Gasteiger partial charge in [0, 0.05) is 0 Å². The first kappa shape index (κ1) is 14.1. The van der Waals surface area contributed by atoms with Gasteiger partial charge < -0.3 is 4.74 Å². The third-order valence-corrected chi connectivity index (χ3v) is 3.95. The Hall–Kier alpha value is -1.35. The van der Waals surface area contributed by atoms with Crippen LogP contribution in [0.1, 0.15) is 38.8 Å². The van der Waals surface area contributed by atoms with Gasteiger partial charge in [-0.2, -0.15) is 0 Å². The van der Waals surface area contributed by atoms with Gasteiger partial charge in [0.2, 0.25) is 0 Å². The third kappa shape index (κ3) is 2.66. The first-order valence-electron chi connectivity index (χ1n) is 7.03. The zero-order chi connectivity index (χ0) is 14.0. The zero-order valence-corrected chi connectivity index (χ0v) is 12.2. The molecule has 1 aliphatic rings. The van der Waals surface area contributed by atoms with E-state index >= 15 is 0 Å². The Morgan fingerprint density at radius 3 is 2.42 bits per heavy atom. The zero-order valence-electron chi connectivity index (χ0n) is 12.2. The minimum absolute atomic E-state index is 0.0808. The summed E-state index contributed by atoms with van der Waals surface area (Å²) in [4.78, 5) is 14.2. The van der Waals surface area contributed by atoms with Gasteiger partial charge >= 0.3 is 5.97 Å². The Bertz CT molecular complexity index is 430. The third-order valence-electron chi connectivity index (χ3n) is 3.95. The number of hydrogen-bond donors (Lipinski definition) is 0. The molecule has 2 rings (SSSR count). The van der Waals surface area contributed by atoms with Crippen LogP contribution in [0.15, 0.2) is 30.3 Å². The molecule has 19 heavy (non-hydrogen) atoms. The fraction of sp³-hybridized carbons (Fsp3) is 0.562.